The lowest BCUT2D eigenvalue weighted by atomic mass is 10.1. The van der Waals surface area contributed by atoms with Crippen molar-refractivity contribution in [2.45, 2.75) is 12.8 Å². The van der Waals surface area contributed by atoms with Gasteiger partial charge in [0.05, 0.1) is 20.0 Å². The van der Waals surface area contributed by atoms with Crippen molar-refractivity contribution in [3.8, 4) is 0 Å². The Hall–Kier alpha value is -1.95. The topological polar surface area (TPSA) is 62.7 Å². The number of pyridine rings is 1. The Labute approximate surface area is 124 Å². The van der Waals surface area contributed by atoms with Crippen LogP contribution in [0.4, 0.5) is 0 Å². The molecular formula is C15H21N3O3. The van der Waals surface area contributed by atoms with Gasteiger partial charge in [-0.15, -0.1) is 0 Å². The average molecular weight is 291 g/mol. The highest BCUT2D eigenvalue weighted by Crippen LogP contribution is 2.07. The van der Waals surface area contributed by atoms with E-state index >= 15 is 0 Å². The lowest BCUT2D eigenvalue weighted by molar-refractivity contribution is -0.141. The molecule has 0 radical (unpaired) electrons. The standard InChI is InChI=1S/C15H21N3O3/c1-21-15(20)4-7-17-8-10-18(11-9-17)14(19)12-13-2-5-16-6-3-13/h2-3,5-6H,4,7-12H2,1H3. The van der Waals surface area contributed by atoms with Gasteiger partial charge in [0.2, 0.25) is 5.91 Å². The van der Waals surface area contributed by atoms with Crippen molar-refractivity contribution in [1.82, 2.24) is 14.8 Å². The first-order chi connectivity index (χ1) is 10.2. The number of rotatable bonds is 5. The van der Waals surface area contributed by atoms with Crippen LogP contribution in [0.5, 0.6) is 0 Å². The molecule has 1 aliphatic rings. The molecular weight excluding hydrogens is 270 g/mol. The van der Waals surface area contributed by atoms with Gasteiger partial charge in [-0.2, -0.15) is 0 Å². The molecule has 0 spiro atoms. The summed E-state index contributed by atoms with van der Waals surface area (Å²) in [6.07, 6.45) is 4.23. The molecule has 0 saturated carbocycles. The summed E-state index contributed by atoms with van der Waals surface area (Å²) in [7, 11) is 1.40. The molecule has 1 aromatic rings. The molecule has 0 aromatic carbocycles. The molecule has 21 heavy (non-hydrogen) atoms. The Kier molecular flexibility index (Phi) is 5.68. The molecule has 1 amide bonds. The van der Waals surface area contributed by atoms with Crippen molar-refractivity contribution in [3.05, 3.63) is 30.1 Å². The van der Waals surface area contributed by atoms with Gasteiger partial charge in [0, 0.05) is 45.1 Å². The first-order valence-corrected chi connectivity index (χ1v) is 7.15. The number of esters is 1. The number of methoxy groups -OCH3 is 1. The third kappa shape index (κ3) is 4.82. The Morgan fingerprint density at radius 2 is 1.86 bits per heavy atom. The van der Waals surface area contributed by atoms with E-state index in [-0.39, 0.29) is 11.9 Å². The van der Waals surface area contributed by atoms with E-state index in [2.05, 4.69) is 14.6 Å². The van der Waals surface area contributed by atoms with Gasteiger partial charge in [-0.3, -0.25) is 19.5 Å². The fourth-order valence-electron chi connectivity index (χ4n) is 2.36. The van der Waals surface area contributed by atoms with Crippen LogP contribution in [0.25, 0.3) is 0 Å². The predicted molar refractivity (Wildman–Crippen MR) is 77.6 cm³/mol. The van der Waals surface area contributed by atoms with Crippen LogP contribution in [0.2, 0.25) is 0 Å². The zero-order valence-electron chi connectivity index (χ0n) is 12.3. The highest BCUT2D eigenvalue weighted by Gasteiger charge is 2.21. The van der Waals surface area contributed by atoms with Crippen molar-refractivity contribution >= 4 is 11.9 Å². The molecule has 2 rings (SSSR count). The van der Waals surface area contributed by atoms with E-state index in [1.807, 2.05) is 17.0 Å². The summed E-state index contributed by atoms with van der Waals surface area (Å²) in [5, 5.41) is 0. The molecule has 6 heteroatoms. The van der Waals surface area contributed by atoms with Crippen LogP contribution in [0.1, 0.15) is 12.0 Å². The fourth-order valence-corrected chi connectivity index (χ4v) is 2.36. The molecule has 0 unspecified atom stereocenters. The van der Waals surface area contributed by atoms with Crippen molar-refractivity contribution in [2.24, 2.45) is 0 Å². The summed E-state index contributed by atoms with van der Waals surface area (Å²) in [6.45, 7) is 3.73. The number of nitrogens with zero attached hydrogens (tertiary/aromatic N) is 3. The number of ether oxygens (including phenoxy) is 1. The minimum Gasteiger partial charge on any atom is -0.469 e. The van der Waals surface area contributed by atoms with Crippen molar-refractivity contribution in [3.63, 3.8) is 0 Å². The van der Waals surface area contributed by atoms with Crippen LogP contribution in [0, 0.1) is 0 Å². The highest BCUT2D eigenvalue weighted by molar-refractivity contribution is 5.78. The van der Waals surface area contributed by atoms with Crippen LogP contribution in [0.15, 0.2) is 24.5 Å². The van der Waals surface area contributed by atoms with Gasteiger partial charge in [0.1, 0.15) is 0 Å². The van der Waals surface area contributed by atoms with E-state index in [9.17, 15) is 9.59 Å². The Bertz CT molecular complexity index is 470. The van der Waals surface area contributed by atoms with E-state index in [0.29, 0.717) is 32.5 Å². The molecule has 1 fully saturated rings. The zero-order valence-corrected chi connectivity index (χ0v) is 12.3. The zero-order chi connectivity index (χ0) is 15.1. The van der Waals surface area contributed by atoms with Gasteiger partial charge in [0.25, 0.3) is 0 Å². The maximum atomic E-state index is 12.2. The lowest BCUT2D eigenvalue weighted by Gasteiger charge is -2.34. The number of amides is 1. The molecule has 0 aliphatic carbocycles. The van der Waals surface area contributed by atoms with Gasteiger partial charge < -0.3 is 9.64 Å². The van der Waals surface area contributed by atoms with Crippen LogP contribution in [0.3, 0.4) is 0 Å². The summed E-state index contributed by atoms with van der Waals surface area (Å²) < 4.78 is 4.63. The molecule has 6 nitrogen and oxygen atoms in total. The number of piperazine rings is 1. The summed E-state index contributed by atoms with van der Waals surface area (Å²) in [6, 6.07) is 3.73. The molecule has 1 saturated heterocycles. The largest absolute Gasteiger partial charge is 0.469 e. The normalized spacial score (nSPS) is 15.8. The predicted octanol–water partition coefficient (Wildman–Crippen LogP) is 0.331. The van der Waals surface area contributed by atoms with Crippen LogP contribution < -0.4 is 0 Å². The lowest BCUT2D eigenvalue weighted by Crippen LogP contribution is -2.49. The number of aromatic nitrogens is 1. The van der Waals surface area contributed by atoms with E-state index in [0.717, 1.165) is 18.7 Å². The highest BCUT2D eigenvalue weighted by atomic mass is 16.5. The Morgan fingerprint density at radius 3 is 2.48 bits per heavy atom. The maximum absolute atomic E-state index is 12.2. The monoisotopic (exact) mass is 291 g/mol. The molecule has 0 bridgehead atoms. The smallest absolute Gasteiger partial charge is 0.306 e. The number of carbonyl (C=O) groups is 2. The van der Waals surface area contributed by atoms with Gasteiger partial charge in [0.15, 0.2) is 0 Å². The second kappa shape index (κ2) is 7.73. The van der Waals surface area contributed by atoms with E-state index < -0.39 is 0 Å². The molecule has 0 N–H and O–H groups in total. The first kappa shape index (κ1) is 15.4. The van der Waals surface area contributed by atoms with Crippen LogP contribution in [-0.2, 0) is 20.7 Å². The number of hydrogen-bond donors (Lipinski definition) is 0. The molecule has 114 valence electrons. The van der Waals surface area contributed by atoms with E-state index in [1.165, 1.54) is 7.11 Å². The van der Waals surface area contributed by atoms with Gasteiger partial charge in [-0.1, -0.05) is 0 Å². The summed E-state index contributed by atoms with van der Waals surface area (Å²) >= 11 is 0. The molecule has 0 atom stereocenters. The SMILES string of the molecule is COC(=O)CCN1CCN(C(=O)Cc2ccncc2)CC1. The summed E-state index contributed by atoms with van der Waals surface area (Å²) in [5.41, 5.74) is 0.989. The van der Waals surface area contributed by atoms with Gasteiger partial charge >= 0.3 is 5.97 Å². The first-order valence-electron chi connectivity index (χ1n) is 7.15. The third-order valence-corrected chi connectivity index (χ3v) is 3.69. The minimum absolute atomic E-state index is 0.147. The minimum atomic E-state index is -0.189. The van der Waals surface area contributed by atoms with Crippen LogP contribution >= 0.6 is 0 Å². The Balaban J connectivity index is 1.73. The number of hydrogen-bond acceptors (Lipinski definition) is 5. The van der Waals surface area contributed by atoms with Crippen molar-refractivity contribution in [2.75, 3.05) is 39.8 Å². The molecule has 2 heterocycles. The molecule has 1 aromatic heterocycles. The summed E-state index contributed by atoms with van der Waals surface area (Å²) in [5.74, 6) is -0.0417. The Morgan fingerprint density at radius 1 is 1.19 bits per heavy atom. The van der Waals surface area contributed by atoms with Gasteiger partial charge in [-0.25, -0.2) is 0 Å². The average Bonchev–Trinajstić information content (AvgIpc) is 2.54. The molecule has 1 aliphatic heterocycles. The van der Waals surface area contributed by atoms with E-state index in [1.54, 1.807) is 12.4 Å². The number of carbonyl (C=O) groups excluding carboxylic acids is 2. The van der Waals surface area contributed by atoms with Crippen molar-refractivity contribution in [1.29, 1.82) is 0 Å². The second-order valence-corrected chi connectivity index (χ2v) is 5.08. The van der Waals surface area contributed by atoms with Crippen LogP contribution in [-0.4, -0.2) is 66.5 Å². The van der Waals surface area contributed by atoms with Crippen molar-refractivity contribution < 1.29 is 14.3 Å². The maximum Gasteiger partial charge on any atom is 0.306 e. The van der Waals surface area contributed by atoms with Gasteiger partial charge in [-0.05, 0) is 17.7 Å². The second-order valence-electron chi connectivity index (χ2n) is 5.08. The quantitative estimate of drug-likeness (QED) is 0.732. The fraction of sp³-hybridized carbons (Fsp3) is 0.533. The third-order valence-electron chi connectivity index (χ3n) is 3.69. The van der Waals surface area contributed by atoms with E-state index in [4.69, 9.17) is 0 Å². The summed E-state index contributed by atoms with van der Waals surface area (Å²) in [4.78, 5) is 31.3.